The Morgan fingerprint density at radius 2 is 1.95 bits per heavy atom. The van der Waals surface area contributed by atoms with E-state index in [-0.39, 0.29) is 17.9 Å². The molecular weight excluding hydrogens is 285 g/mol. The lowest BCUT2D eigenvalue weighted by Crippen LogP contribution is -2.03. The minimum atomic E-state index is -0.845. The van der Waals surface area contributed by atoms with Gasteiger partial charge in [-0.05, 0) is 18.2 Å². The summed E-state index contributed by atoms with van der Waals surface area (Å²) >= 11 is 0. The third-order valence-corrected chi connectivity index (χ3v) is 2.58. The van der Waals surface area contributed by atoms with E-state index in [4.69, 9.17) is 4.74 Å². The molecule has 9 heteroatoms. The molecule has 0 bridgehead atoms. The van der Waals surface area contributed by atoms with Crippen LogP contribution in [0.3, 0.4) is 0 Å². The zero-order valence-corrected chi connectivity index (χ0v) is 10.4. The molecule has 2 aromatic rings. The zero-order chi connectivity index (χ0) is 15.4. The van der Waals surface area contributed by atoms with Crippen LogP contribution in [-0.2, 0) is 6.61 Å². The fourth-order valence-corrected chi connectivity index (χ4v) is 1.59. The monoisotopic (exact) mass is 293 g/mol. The van der Waals surface area contributed by atoms with E-state index in [1.807, 2.05) is 0 Å². The summed E-state index contributed by atoms with van der Waals surface area (Å²) in [5, 5.41) is 21.5. The molecule has 0 saturated heterocycles. The lowest BCUT2D eigenvalue weighted by molar-refractivity contribution is -0.394. The molecule has 0 aliphatic rings. The maximum Gasteiger partial charge on any atom is 0.282 e. The molecule has 0 amide bonds. The fourth-order valence-electron chi connectivity index (χ4n) is 1.59. The summed E-state index contributed by atoms with van der Waals surface area (Å²) in [5.74, 6) is -1.01. The van der Waals surface area contributed by atoms with Gasteiger partial charge in [0.2, 0.25) is 0 Å². The van der Waals surface area contributed by atoms with Crippen LogP contribution in [0.5, 0.6) is 5.75 Å². The van der Waals surface area contributed by atoms with Gasteiger partial charge in [0.25, 0.3) is 17.3 Å². The average molecular weight is 293 g/mol. The first-order chi connectivity index (χ1) is 9.99. The molecule has 0 unspecified atom stereocenters. The second-order valence-electron chi connectivity index (χ2n) is 3.91. The standard InChI is InChI=1S/C12H8FN3O5/c13-12-11(2-1-5-14-12)21-7-8-3-4-9(15(17)18)6-10(8)16(19)20/h1-6H,7H2. The Morgan fingerprint density at radius 1 is 1.19 bits per heavy atom. The highest BCUT2D eigenvalue weighted by Crippen LogP contribution is 2.26. The zero-order valence-electron chi connectivity index (χ0n) is 10.4. The van der Waals surface area contributed by atoms with Crippen LogP contribution in [0.2, 0.25) is 0 Å². The molecule has 0 N–H and O–H groups in total. The molecule has 0 fully saturated rings. The summed E-state index contributed by atoms with van der Waals surface area (Å²) in [5.41, 5.74) is -0.777. The molecule has 108 valence electrons. The van der Waals surface area contributed by atoms with Crippen LogP contribution >= 0.6 is 0 Å². The summed E-state index contributed by atoms with van der Waals surface area (Å²) < 4.78 is 18.4. The van der Waals surface area contributed by atoms with E-state index in [0.717, 1.165) is 12.1 Å². The highest BCUT2D eigenvalue weighted by molar-refractivity contribution is 5.49. The number of benzene rings is 1. The van der Waals surface area contributed by atoms with Crippen LogP contribution in [-0.4, -0.2) is 14.8 Å². The Hall–Kier alpha value is -3.10. The predicted octanol–water partition coefficient (Wildman–Crippen LogP) is 2.62. The number of nitro groups is 2. The minimum Gasteiger partial charge on any atom is -0.484 e. The van der Waals surface area contributed by atoms with E-state index in [9.17, 15) is 24.6 Å². The van der Waals surface area contributed by atoms with Crippen molar-refractivity contribution in [2.24, 2.45) is 0 Å². The number of rotatable bonds is 5. The van der Waals surface area contributed by atoms with Crippen molar-refractivity contribution < 1.29 is 19.0 Å². The van der Waals surface area contributed by atoms with Crippen molar-refractivity contribution >= 4 is 11.4 Å². The maximum absolute atomic E-state index is 13.3. The van der Waals surface area contributed by atoms with Gasteiger partial charge in [-0.2, -0.15) is 4.39 Å². The second-order valence-corrected chi connectivity index (χ2v) is 3.91. The Labute approximate surface area is 117 Å². The van der Waals surface area contributed by atoms with Crippen molar-refractivity contribution in [3.8, 4) is 5.75 Å². The van der Waals surface area contributed by atoms with Crippen LogP contribution in [0.1, 0.15) is 5.56 Å². The van der Waals surface area contributed by atoms with Crippen LogP contribution < -0.4 is 4.74 Å². The van der Waals surface area contributed by atoms with Crippen LogP contribution in [0.25, 0.3) is 0 Å². The van der Waals surface area contributed by atoms with Crippen molar-refractivity contribution in [1.29, 1.82) is 0 Å². The van der Waals surface area contributed by atoms with E-state index in [2.05, 4.69) is 4.98 Å². The molecule has 0 atom stereocenters. The van der Waals surface area contributed by atoms with Gasteiger partial charge in [-0.15, -0.1) is 0 Å². The molecule has 1 heterocycles. The average Bonchev–Trinajstić information content (AvgIpc) is 2.46. The van der Waals surface area contributed by atoms with E-state index in [1.54, 1.807) is 0 Å². The largest absolute Gasteiger partial charge is 0.484 e. The molecule has 1 aromatic carbocycles. The van der Waals surface area contributed by atoms with Gasteiger partial charge in [0, 0.05) is 12.3 Å². The smallest absolute Gasteiger partial charge is 0.282 e. The normalized spacial score (nSPS) is 10.1. The van der Waals surface area contributed by atoms with E-state index in [1.165, 1.54) is 24.4 Å². The molecular formula is C12H8FN3O5. The highest BCUT2D eigenvalue weighted by atomic mass is 19.1. The number of non-ortho nitro benzene ring substituents is 1. The quantitative estimate of drug-likeness (QED) is 0.476. The van der Waals surface area contributed by atoms with Gasteiger partial charge in [0.1, 0.15) is 6.61 Å². The first-order valence-electron chi connectivity index (χ1n) is 5.64. The van der Waals surface area contributed by atoms with E-state index >= 15 is 0 Å². The van der Waals surface area contributed by atoms with Gasteiger partial charge in [0.05, 0.1) is 21.5 Å². The van der Waals surface area contributed by atoms with Crippen LogP contribution in [0.15, 0.2) is 36.5 Å². The van der Waals surface area contributed by atoms with Crippen molar-refractivity contribution in [3.63, 3.8) is 0 Å². The van der Waals surface area contributed by atoms with Crippen molar-refractivity contribution in [3.05, 3.63) is 68.3 Å². The number of nitrogens with zero attached hydrogens (tertiary/aromatic N) is 3. The van der Waals surface area contributed by atoms with Gasteiger partial charge in [-0.3, -0.25) is 20.2 Å². The van der Waals surface area contributed by atoms with Crippen molar-refractivity contribution in [2.45, 2.75) is 6.61 Å². The Balaban J connectivity index is 2.26. The lowest BCUT2D eigenvalue weighted by Gasteiger charge is -2.06. The van der Waals surface area contributed by atoms with Crippen molar-refractivity contribution in [1.82, 2.24) is 4.98 Å². The molecule has 0 aliphatic carbocycles. The fraction of sp³-hybridized carbons (Fsp3) is 0.0833. The SMILES string of the molecule is O=[N+]([O-])c1ccc(COc2cccnc2F)c([N+](=O)[O-])c1. The molecule has 0 spiro atoms. The van der Waals surface area contributed by atoms with Crippen LogP contribution in [0.4, 0.5) is 15.8 Å². The third-order valence-electron chi connectivity index (χ3n) is 2.58. The Morgan fingerprint density at radius 3 is 2.57 bits per heavy atom. The van der Waals surface area contributed by atoms with Gasteiger partial charge < -0.3 is 4.74 Å². The number of aromatic nitrogens is 1. The minimum absolute atomic E-state index is 0.0915. The Kier molecular flexibility index (Phi) is 4.02. The molecule has 21 heavy (non-hydrogen) atoms. The lowest BCUT2D eigenvalue weighted by atomic mass is 10.1. The first kappa shape index (κ1) is 14.3. The van der Waals surface area contributed by atoms with E-state index in [0.29, 0.717) is 0 Å². The van der Waals surface area contributed by atoms with Gasteiger partial charge in [0.15, 0.2) is 5.75 Å². The molecule has 8 nitrogen and oxygen atoms in total. The van der Waals surface area contributed by atoms with Crippen molar-refractivity contribution in [2.75, 3.05) is 0 Å². The molecule has 0 saturated carbocycles. The number of ether oxygens (including phenoxy) is 1. The highest BCUT2D eigenvalue weighted by Gasteiger charge is 2.20. The summed E-state index contributed by atoms with van der Waals surface area (Å²) in [7, 11) is 0. The number of hydrogen-bond acceptors (Lipinski definition) is 6. The summed E-state index contributed by atoms with van der Waals surface area (Å²) in [6.45, 7) is -0.309. The van der Waals surface area contributed by atoms with Crippen LogP contribution in [0, 0.1) is 26.2 Å². The molecule has 0 aliphatic heterocycles. The van der Waals surface area contributed by atoms with E-state index < -0.39 is 27.2 Å². The molecule has 0 radical (unpaired) electrons. The topological polar surface area (TPSA) is 108 Å². The van der Waals surface area contributed by atoms with Gasteiger partial charge >= 0.3 is 0 Å². The van der Waals surface area contributed by atoms with Gasteiger partial charge in [-0.1, -0.05) is 0 Å². The summed E-state index contributed by atoms with van der Waals surface area (Å²) in [6.07, 6.45) is 1.23. The first-order valence-corrected chi connectivity index (χ1v) is 5.64. The summed E-state index contributed by atoms with van der Waals surface area (Å²) in [4.78, 5) is 23.4. The molecule has 2 rings (SSSR count). The number of pyridine rings is 1. The summed E-state index contributed by atoms with van der Waals surface area (Å²) in [6, 6.07) is 5.91. The third kappa shape index (κ3) is 3.26. The second kappa shape index (κ2) is 5.90. The number of halogens is 1. The number of nitro benzene ring substituents is 2. The maximum atomic E-state index is 13.3. The Bertz CT molecular complexity index is 707. The molecule has 1 aromatic heterocycles. The number of hydrogen-bond donors (Lipinski definition) is 0. The predicted molar refractivity (Wildman–Crippen MR) is 68.3 cm³/mol. The van der Waals surface area contributed by atoms with Gasteiger partial charge in [-0.25, -0.2) is 4.98 Å².